The summed E-state index contributed by atoms with van der Waals surface area (Å²) in [6, 6.07) is 6.65. The number of benzene rings is 1. The number of aromatic nitrogens is 2. The topological polar surface area (TPSA) is 76.2 Å². The van der Waals surface area contributed by atoms with Crippen molar-refractivity contribution in [1.82, 2.24) is 10.1 Å². The van der Waals surface area contributed by atoms with Gasteiger partial charge >= 0.3 is 5.97 Å². The van der Waals surface area contributed by atoms with Crippen LogP contribution in [0.5, 0.6) is 0 Å². The van der Waals surface area contributed by atoms with E-state index in [-0.39, 0.29) is 5.56 Å². The molecular formula is C12H8N2O3S. The van der Waals surface area contributed by atoms with Crippen LogP contribution < -0.4 is 0 Å². The van der Waals surface area contributed by atoms with E-state index in [1.165, 1.54) is 11.3 Å². The summed E-state index contributed by atoms with van der Waals surface area (Å²) in [5, 5.41) is 13.4. The third kappa shape index (κ3) is 1.76. The zero-order valence-electron chi connectivity index (χ0n) is 9.38. The number of hydrogen-bond acceptors (Lipinski definition) is 5. The van der Waals surface area contributed by atoms with Crippen LogP contribution in [0.2, 0.25) is 0 Å². The first kappa shape index (κ1) is 10.9. The largest absolute Gasteiger partial charge is 0.478 e. The van der Waals surface area contributed by atoms with E-state index in [9.17, 15) is 4.79 Å². The number of carboxylic acids is 1. The van der Waals surface area contributed by atoms with Crippen LogP contribution in [0.3, 0.4) is 0 Å². The summed E-state index contributed by atoms with van der Waals surface area (Å²) in [6.45, 7) is 1.84. The number of carbonyl (C=O) groups is 1. The Morgan fingerprint density at radius 3 is 2.89 bits per heavy atom. The molecule has 18 heavy (non-hydrogen) atoms. The molecule has 5 nitrogen and oxygen atoms in total. The van der Waals surface area contributed by atoms with Crippen LogP contribution in [0.25, 0.3) is 21.0 Å². The lowest BCUT2D eigenvalue weighted by molar-refractivity contribution is 0.0697. The molecule has 0 saturated carbocycles. The number of carboxylic acid groups (broad SMARTS) is 1. The minimum absolute atomic E-state index is 0.256. The lowest BCUT2D eigenvalue weighted by Crippen LogP contribution is -1.94. The van der Waals surface area contributed by atoms with Crippen LogP contribution in [0, 0.1) is 6.92 Å². The molecule has 2 aromatic heterocycles. The van der Waals surface area contributed by atoms with Crippen molar-refractivity contribution in [1.29, 1.82) is 0 Å². The number of nitrogens with zero attached hydrogens (tertiary/aromatic N) is 2. The predicted molar refractivity (Wildman–Crippen MR) is 66.8 cm³/mol. The van der Waals surface area contributed by atoms with Crippen molar-refractivity contribution in [2.24, 2.45) is 0 Å². The Balaban J connectivity index is 2.13. The van der Waals surface area contributed by atoms with Gasteiger partial charge in [-0.25, -0.2) is 9.78 Å². The molecule has 0 fully saturated rings. The number of thiazole rings is 1. The Bertz CT molecular complexity index is 745. The smallest absolute Gasteiger partial charge is 0.335 e. The maximum Gasteiger partial charge on any atom is 0.335 e. The molecule has 90 valence electrons. The Morgan fingerprint density at radius 1 is 1.39 bits per heavy atom. The van der Waals surface area contributed by atoms with Gasteiger partial charge in [0, 0.05) is 6.07 Å². The summed E-state index contributed by atoms with van der Waals surface area (Å²) in [5.41, 5.74) is 1.80. The summed E-state index contributed by atoms with van der Waals surface area (Å²) in [5.74, 6) is -0.340. The van der Waals surface area contributed by atoms with Gasteiger partial charge in [-0.15, -0.1) is 11.3 Å². The van der Waals surface area contributed by atoms with Gasteiger partial charge in [-0.1, -0.05) is 5.16 Å². The average molecular weight is 260 g/mol. The molecule has 3 rings (SSSR count). The second-order valence-electron chi connectivity index (χ2n) is 3.84. The number of aromatic carboxylic acids is 1. The predicted octanol–water partition coefficient (Wildman–Crippen LogP) is 2.96. The zero-order valence-corrected chi connectivity index (χ0v) is 10.2. The van der Waals surface area contributed by atoms with E-state index < -0.39 is 5.97 Å². The molecule has 0 unspecified atom stereocenters. The molecule has 0 aliphatic rings. The lowest BCUT2D eigenvalue weighted by atomic mass is 10.2. The van der Waals surface area contributed by atoms with Crippen molar-refractivity contribution in [2.75, 3.05) is 0 Å². The second kappa shape index (κ2) is 3.92. The fourth-order valence-electron chi connectivity index (χ4n) is 1.63. The molecular weight excluding hydrogens is 252 g/mol. The molecule has 0 amide bonds. The van der Waals surface area contributed by atoms with Gasteiger partial charge in [-0.3, -0.25) is 0 Å². The van der Waals surface area contributed by atoms with Gasteiger partial charge in [0.25, 0.3) is 0 Å². The van der Waals surface area contributed by atoms with Crippen LogP contribution in [0.1, 0.15) is 16.1 Å². The van der Waals surface area contributed by atoms with E-state index in [0.717, 1.165) is 15.9 Å². The maximum atomic E-state index is 10.9. The van der Waals surface area contributed by atoms with Gasteiger partial charge in [0.2, 0.25) is 0 Å². The molecule has 1 aromatic carbocycles. The first-order valence-electron chi connectivity index (χ1n) is 5.21. The standard InChI is InChI=1S/C12H8N2O3S/c1-6-4-9(17-14-6)11-13-8-3-2-7(12(15)16)5-10(8)18-11/h2-5H,1H3,(H,15,16). The molecule has 0 spiro atoms. The van der Waals surface area contributed by atoms with Crippen molar-refractivity contribution in [3.8, 4) is 10.8 Å². The summed E-state index contributed by atoms with van der Waals surface area (Å²) < 4.78 is 5.96. The van der Waals surface area contributed by atoms with Crippen LogP contribution >= 0.6 is 11.3 Å². The van der Waals surface area contributed by atoms with Crippen LogP contribution in [0.4, 0.5) is 0 Å². The van der Waals surface area contributed by atoms with Crippen LogP contribution in [-0.2, 0) is 0 Å². The highest BCUT2D eigenvalue weighted by Gasteiger charge is 2.12. The Labute approximate surface area is 106 Å². The highest BCUT2D eigenvalue weighted by molar-refractivity contribution is 7.21. The van der Waals surface area contributed by atoms with Crippen molar-refractivity contribution in [2.45, 2.75) is 6.92 Å². The summed E-state index contributed by atoms with van der Waals surface area (Å²) in [6.07, 6.45) is 0. The molecule has 0 aliphatic heterocycles. The molecule has 3 aromatic rings. The average Bonchev–Trinajstić information content (AvgIpc) is 2.93. The van der Waals surface area contributed by atoms with Gasteiger partial charge < -0.3 is 9.63 Å². The highest BCUT2D eigenvalue weighted by atomic mass is 32.1. The molecule has 0 bridgehead atoms. The number of hydrogen-bond donors (Lipinski definition) is 1. The quantitative estimate of drug-likeness (QED) is 0.766. The third-order valence-electron chi connectivity index (χ3n) is 2.47. The number of fused-ring (bicyclic) bond motifs is 1. The van der Waals surface area contributed by atoms with E-state index in [4.69, 9.17) is 9.63 Å². The highest BCUT2D eigenvalue weighted by Crippen LogP contribution is 2.30. The molecule has 0 atom stereocenters. The lowest BCUT2D eigenvalue weighted by Gasteiger charge is -1.91. The Morgan fingerprint density at radius 2 is 2.22 bits per heavy atom. The Kier molecular flexibility index (Phi) is 2.38. The molecule has 0 aliphatic carbocycles. The molecule has 2 heterocycles. The SMILES string of the molecule is Cc1cc(-c2nc3ccc(C(=O)O)cc3s2)on1. The van der Waals surface area contributed by atoms with Crippen molar-refractivity contribution in [3.63, 3.8) is 0 Å². The minimum Gasteiger partial charge on any atom is -0.478 e. The van der Waals surface area contributed by atoms with Gasteiger partial charge in [-0.05, 0) is 25.1 Å². The van der Waals surface area contributed by atoms with Crippen LogP contribution in [0.15, 0.2) is 28.8 Å². The third-order valence-corrected chi connectivity index (χ3v) is 3.51. The summed E-state index contributed by atoms with van der Waals surface area (Å²) in [4.78, 5) is 15.3. The molecule has 6 heteroatoms. The van der Waals surface area contributed by atoms with Crippen molar-refractivity contribution in [3.05, 3.63) is 35.5 Å². The summed E-state index contributed by atoms with van der Waals surface area (Å²) in [7, 11) is 0. The first-order chi connectivity index (χ1) is 8.63. The van der Waals surface area contributed by atoms with E-state index in [0.29, 0.717) is 10.8 Å². The molecule has 0 saturated heterocycles. The second-order valence-corrected chi connectivity index (χ2v) is 4.87. The Hall–Kier alpha value is -2.21. The van der Waals surface area contributed by atoms with Gasteiger partial charge in [-0.2, -0.15) is 0 Å². The van der Waals surface area contributed by atoms with Gasteiger partial charge in [0.1, 0.15) is 0 Å². The van der Waals surface area contributed by atoms with E-state index >= 15 is 0 Å². The maximum absolute atomic E-state index is 10.9. The van der Waals surface area contributed by atoms with E-state index in [1.54, 1.807) is 24.3 Å². The number of rotatable bonds is 2. The normalized spacial score (nSPS) is 10.9. The van der Waals surface area contributed by atoms with Crippen molar-refractivity contribution < 1.29 is 14.4 Å². The van der Waals surface area contributed by atoms with Gasteiger partial charge in [0.05, 0.1) is 21.5 Å². The van der Waals surface area contributed by atoms with Crippen LogP contribution in [-0.4, -0.2) is 21.2 Å². The monoisotopic (exact) mass is 260 g/mol. The van der Waals surface area contributed by atoms with E-state index in [1.807, 2.05) is 6.92 Å². The fraction of sp³-hybridized carbons (Fsp3) is 0.0833. The van der Waals surface area contributed by atoms with Gasteiger partial charge in [0.15, 0.2) is 10.8 Å². The molecule has 1 N–H and O–H groups in total. The zero-order chi connectivity index (χ0) is 12.7. The van der Waals surface area contributed by atoms with Crippen molar-refractivity contribution >= 4 is 27.5 Å². The minimum atomic E-state index is -0.942. The fourth-order valence-corrected chi connectivity index (χ4v) is 2.58. The number of aryl methyl sites for hydroxylation is 1. The summed E-state index contributed by atoms with van der Waals surface area (Å²) >= 11 is 1.39. The molecule has 0 radical (unpaired) electrons. The van der Waals surface area contributed by atoms with E-state index in [2.05, 4.69) is 10.1 Å². The first-order valence-corrected chi connectivity index (χ1v) is 6.03.